The first-order chi connectivity index (χ1) is 5.42. The summed E-state index contributed by atoms with van der Waals surface area (Å²) in [6.45, 7) is 0. The maximum absolute atomic E-state index is 10.5. The maximum Gasteiger partial charge on any atom is 0.146 e. The van der Waals surface area contributed by atoms with Gasteiger partial charge in [0.1, 0.15) is 6.29 Å². The van der Waals surface area contributed by atoms with Gasteiger partial charge in [0.25, 0.3) is 0 Å². The Hall–Kier alpha value is -1.11. The van der Waals surface area contributed by atoms with Gasteiger partial charge in [-0.25, -0.2) is 0 Å². The Kier molecular flexibility index (Phi) is 1.50. The average molecular weight is 146 g/mol. The molecule has 0 bridgehead atoms. The van der Waals surface area contributed by atoms with Gasteiger partial charge in [-0.3, -0.25) is 4.79 Å². The number of allylic oxidation sites excluding steroid dienone is 6. The van der Waals surface area contributed by atoms with Crippen molar-refractivity contribution in [1.82, 2.24) is 0 Å². The van der Waals surface area contributed by atoms with Gasteiger partial charge in [-0.05, 0) is 17.9 Å². The monoisotopic (exact) mass is 146 g/mol. The van der Waals surface area contributed by atoms with E-state index in [0.29, 0.717) is 11.8 Å². The summed E-state index contributed by atoms with van der Waals surface area (Å²) in [6.07, 6.45) is 12.4. The fourth-order valence-corrected chi connectivity index (χ4v) is 1.77. The van der Waals surface area contributed by atoms with Crippen LogP contribution in [0.1, 0.15) is 6.42 Å². The highest BCUT2D eigenvalue weighted by atomic mass is 16.1. The van der Waals surface area contributed by atoms with Crippen molar-refractivity contribution in [2.45, 2.75) is 6.42 Å². The minimum atomic E-state index is 0.373. The van der Waals surface area contributed by atoms with Crippen molar-refractivity contribution in [3.63, 3.8) is 0 Å². The van der Waals surface area contributed by atoms with Crippen molar-refractivity contribution in [2.24, 2.45) is 11.8 Å². The lowest BCUT2D eigenvalue weighted by molar-refractivity contribution is -0.105. The molecule has 0 saturated carbocycles. The van der Waals surface area contributed by atoms with E-state index in [2.05, 4.69) is 18.2 Å². The van der Waals surface area contributed by atoms with Crippen LogP contribution in [-0.4, -0.2) is 6.29 Å². The summed E-state index contributed by atoms with van der Waals surface area (Å²) >= 11 is 0. The van der Waals surface area contributed by atoms with Gasteiger partial charge in [-0.15, -0.1) is 0 Å². The smallest absolute Gasteiger partial charge is 0.146 e. The highest BCUT2D eigenvalue weighted by molar-refractivity contribution is 5.76. The van der Waals surface area contributed by atoms with E-state index in [1.54, 1.807) is 0 Å². The lowest BCUT2D eigenvalue weighted by atomic mass is 9.88. The Morgan fingerprint density at radius 3 is 3.00 bits per heavy atom. The van der Waals surface area contributed by atoms with Crippen LogP contribution in [0.2, 0.25) is 0 Å². The summed E-state index contributed by atoms with van der Waals surface area (Å²) in [6, 6.07) is 0. The van der Waals surface area contributed by atoms with Gasteiger partial charge in [0.2, 0.25) is 0 Å². The molecule has 56 valence electrons. The van der Waals surface area contributed by atoms with Gasteiger partial charge in [-0.1, -0.05) is 30.4 Å². The van der Waals surface area contributed by atoms with E-state index in [0.717, 1.165) is 18.3 Å². The molecule has 0 aromatic rings. The third kappa shape index (κ3) is 0.967. The second-order valence-corrected chi connectivity index (χ2v) is 3.02. The number of hydrogen-bond acceptors (Lipinski definition) is 1. The third-order valence-corrected chi connectivity index (χ3v) is 2.40. The minimum Gasteiger partial charge on any atom is -0.298 e. The highest BCUT2D eigenvalue weighted by Crippen LogP contribution is 2.34. The molecule has 0 aromatic heterocycles. The fraction of sp³-hybridized carbons (Fsp3) is 0.300. The van der Waals surface area contributed by atoms with Crippen molar-refractivity contribution < 1.29 is 4.79 Å². The molecule has 2 unspecified atom stereocenters. The first-order valence-corrected chi connectivity index (χ1v) is 3.92. The van der Waals surface area contributed by atoms with E-state index in [9.17, 15) is 4.79 Å². The Labute approximate surface area is 66.1 Å². The standard InChI is InChI=1S/C10H10O/c11-7-9-6-5-8-3-1-2-4-10(8)9/h1-4,6-8,10H,5H2. The molecule has 1 nitrogen and oxygen atoms in total. The van der Waals surface area contributed by atoms with E-state index in [4.69, 9.17) is 0 Å². The molecule has 2 rings (SSSR count). The van der Waals surface area contributed by atoms with Crippen molar-refractivity contribution in [3.05, 3.63) is 36.0 Å². The highest BCUT2D eigenvalue weighted by Gasteiger charge is 2.26. The van der Waals surface area contributed by atoms with Crippen LogP contribution >= 0.6 is 0 Å². The number of rotatable bonds is 1. The number of fused-ring (bicyclic) bond motifs is 1. The predicted octanol–water partition coefficient (Wildman–Crippen LogP) is 1.87. The van der Waals surface area contributed by atoms with Crippen LogP contribution < -0.4 is 0 Å². The molecule has 0 N–H and O–H groups in total. The lowest BCUT2D eigenvalue weighted by Gasteiger charge is -2.15. The minimum absolute atomic E-state index is 0.373. The van der Waals surface area contributed by atoms with Crippen molar-refractivity contribution >= 4 is 6.29 Å². The quantitative estimate of drug-likeness (QED) is 0.516. The third-order valence-electron chi connectivity index (χ3n) is 2.40. The molecule has 1 heteroatoms. The molecule has 0 aromatic carbocycles. The van der Waals surface area contributed by atoms with E-state index < -0.39 is 0 Å². The van der Waals surface area contributed by atoms with Crippen molar-refractivity contribution in [3.8, 4) is 0 Å². The maximum atomic E-state index is 10.5. The largest absolute Gasteiger partial charge is 0.298 e. The van der Waals surface area contributed by atoms with E-state index in [-0.39, 0.29) is 0 Å². The molecule has 0 fully saturated rings. The van der Waals surface area contributed by atoms with E-state index in [1.807, 2.05) is 12.2 Å². The Bertz CT molecular complexity index is 258. The normalized spacial score (nSPS) is 33.3. The molecule has 0 spiro atoms. The molecular weight excluding hydrogens is 136 g/mol. The molecule has 11 heavy (non-hydrogen) atoms. The van der Waals surface area contributed by atoms with Gasteiger partial charge < -0.3 is 0 Å². The molecule has 0 heterocycles. The molecule has 0 amide bonds. The van der Waals surface area contributed by atoms with Crippen molar-refractivity contribution in [2.75, 3.05) is 0 Å². The number of carbonyl (C=O) groups excluding carboxylic acids is 1. The lowest BCUT2D eigenvalue weighted by Crippen LogP contribution is -2.08. The first kappa shape index (κ1) is 6.59. The van der Waals surface area contributed by atoms with Crippen LogP contribution in [0.25, 0.3) is 0 Å². The van der Waals surface area contributed by atoms with Gasteiger partial charge in [-0.2, -0.15) is 0 Å². The van der Waals surface area contributed by atoms with Gasteiger partial charge in [0.05, 0.1) is 0 Å². The summed E-state index contributed by atoms with van der Waals surface area (Å²) < 4.78 is 0. The molecule has 2 aliphatic rings. The summed E-state index contributed by atoms with van der Waals surface area (Å²) in [5, 5.41) is 0. The summed E-state index contributed by atoms with van der Waals surface area (Å²) in [5.74, 6) is 0.928. The van der Waals surface area contributed by atoms with Crippen molar-refractivity contribution in [1.29, 1.82) is 0 Å². The van der Waals surface area contributed by atoms with Gasteiger partial charge >= 0.3 is 0 Å². The van der Waals surface area contributed by atoms with E-state index in [1.165, 1.54) is 0 Å². The van der Waals surface area contributed by atoms with Crippen LogP contribution in [-0.2, 0) is 4.79 Å². The first-order valence-electron chi connectivity index (χ1n) is 3.92. The van der Waals surface area contributed by atoms with Gasteiger partial charge in [0.15, 0.2) is 0 Å². The second kappa shape index (κ2) is 2.50. The topological polar surface area (TPSA) is 17.1 Å². The molecule has 0 radical (unpaired) electrons. The zero-order chi connectivity index (χ0) is 7.68. The average Bonchev–Trinajstić information content (AvgIpc) is 2.47. The van der Waals surface area contributed by atoms with Crippen LogP contribution in [0.3, 0.4) is 0 Å². The van der Waals surface area contributed by atoms with E-state index >= 15 is 0 Å². The summed E-state index contributed by atoms with van der Waals surface area (Å²) in [7, 11) is 0. The zero-order valence-corrected chi connectivity index (χ0v) is 6.23. The number of carbonyl (C=O) groups is 1. The molecule has 2 atom stereocenters. The summed E-state index contributed by atoms with van der Waals surface area (Å²) in [5.41, 5.74) is 0.954. The number of aldehydes is 1. The second-order valence-electron chi connectivity index (χ2n) is 3.02. The molecule has 0 aliphatic heterocycles. The zero-order valence-electron chi connectivity index (χ0n) is 6.23. The van der Waals surface area contributed by atoms with Crippen LogP contribution in [0.5, 0.6) is 0 Å². The van der Waals surface area contributed by atoms with Crippen LogP contribution in [0, 0.1) is 11.8 Å². The van der Waals surface area contributed by atoms with Gasteiger partial charge in [0, 0.05) is 5.92 Å². The summed E-state index contributed by atoms with van der Waals surface area (Å²) in [4.78, 5) is 10.5. The molecular formula is C10H10O. The Balaban J connectivity index is 2.26. The fourth-order valence-electron chi connectivity index (χ4n) is 1.77. The molecule has 2 aliphatic carbocycles. The van der Waals surface area contributed by atoms with Crippen LogP contribution in [0.4, 0.5) is 0 Å². The SMILES string of the molecule is O=CC1=CCC2C=CC=CC12. The molecule has 0 saturated heterocycles. The Morgan fingerprint density at radius 2 is 2.18 bits per heavy atom. The number of hydrogen-bond donors (Lipinski definition) is 0. The Morgan fingerprint density at radius 1 is 1.36 bits per heavy atom. The predicted molar refractivity (Wildman–Crippen MR) is 44.0 cm³/mol. The van der Waals surface area contributed by atoms with Crippen LogP contribution in [0.15, 0.2) is 36.0 Å².